The fourth-order valence-corrected chi connectivity index (χ4v) is 3.23. The first-order chi connectivity index (χ1) is 11.9. The summed E-state index contributed by atoms with van der Waals surface area (Å²) in [6, 6.07) is 5.26. The number of benzene rings is 1. The van der Waals surface area contributed by atoms with E-state index in [-0.39, 0.29) is 36.7 Å². The highest BCUT2D eigenvalue weighted by Crippen LogP contribution is 2.26. The molecule has 0 bridgehead atoms. The minimum absolute atomic E-state index is 0.0199. The summed E-state index contributed by atoms with van der Waals surface area (Å²) in [4.78, 5) is 39.0. The molecule has 2 aliphatic heterocycles. The van der Waals surface area contributed by atoms with Crippen molar-refractivity contribution in [1.82, 2.24) is 15.1 Å². The number of hydrogen-bond acceptors (Lipinski definition) is 4. The van der Waals surface area contributed by atoms with Crippen molar-refractivity contribution >= 4 is 29.3 Å². The molecule has 134 valence electrons. The van der Waals surface area contributed by atoms with Crippen molar-refractivity contribution in [2.45, 2.75) is 13.0 Å². The molecule has 1 saturated heterocycles. The highest BCUT2D eigenvalue weighted by atomic mass is 35.5. The minimum atomic E-state index is -0.319. The van der Waals surface area contributed by atoms with E-state index < -0.39 is 0 Å². The summed E-state index contributed by atoms with van der Waals surface area (Å²) in [5.41, 5.74) is 0.840. The second-order valence-corrected chi connectivity index (χ2v) is 6.76. The van der Waals surface area contributed by atoms with Crippen molar-refractivity contribution in [1.29, 1.82) is 0 Å². The molecule has 0 aliphatic carbocycles. The number of nitrogens with one attached hydrogen (secondary N) is 1. The quantitative estimate of drug-likeness (QED) is 0.850. The topological polar surface area (TPSA) is 79.0 Å². The molecule has 25 heavy (non-hydrogen) atoms. The Morgan fingerprint density at radius 2 is 2.16 bits per heavy atom. The zero-order valence-electron chi connectivity index (χ0n) is 14.0. The summed E-state index contributed by atoms with van der Waals surface area (Å²) in [7, 11) is 1.69. The van der Waals surface area contributed by atoms with Crippen molar-refractivity contribution < 1.29 is 19.1 Å². The van der Waals surface area contributed by atoms with Gasteiger partial charge in [-0.25, -0.2) is 0 Å². The molecule has 8 heteroatoms. The monoisotopic (exact) mass is 365 g/mol. The third-order valence-electron chi connectivity index (χ3n) is 4.48. The highest BCUT2D eigenvalue weighted by molar-refractivity contribution is 6.30. The standard InChI is InChI=1S/C17H20ClN3O4/c1-20-8-12(7-15(20)22)17(24)19-4-5-21-9-11-6-13(18)2-3-14(11)25-10-16(21)23/h2-3,6,12H,4-5,7-10H2,1H3,(H,19,24). The van der Waals surface area contributed by atoms with Crippen LogP contribution in [0.4, 0.5) is 0 Å². The van der Waals surface area contributed by atoms with Gasteiger partial charge < -0.3 is 19.9 Å². The van der Waals surface area contributed by atoms with Gasteiger partial charge in [-0.15, -0.1) is 0 Å². The number of carbonyl (C=O) groups is 3. The maximum atomic E-state index is 12.2. The van der Waals surface area contributed by atoms with Crippen LogP contribution in [0.5, 0.6) is 5.75 Å². The molecule has 1 aromatic rings. The van der Waals surface area contributed by atoms with Gasteiger partial charge in [0.2, 0.25) is 11.8 Å². The van der Waals surface area contributed by atoms with E-state index in [1.807, 2.05) is 0 Å². The molecule has 3 amide bonds. The fourth-order valence-electron chi connectivity index (χ4n) is 3.04. The van der Waals surface area contributed by atoms with Gasteiger partial charge >= 0.3 is 0 Å². The molecule has 1 aromatic carbocycles. The lowest BCUT2D eigenvalue weighted by Crippen LogP contribution is -2.41. The van der Waals surface area contributed by atoms with Crippen molar-refractivity contribution in [3.05, 3.63) is 28.8 Å². The third kappa shape index (κ3) is 4.04. The summed E-state index contributed by atoms with van der Waals surface area (Å²) in [6.45, 7) is 1.48. The molecule has 0 saturated carbocycles. The van der Waals surface area contributed by atoms with E-state index >= 15 is 0 Å². The van der Waals surface area contributed by atoms with Crippen molar-refractivity contribution in [3.63, 3.8) is 0 Å². The van der Waals surface area contributed by atoms with Crippen LogP contribution in [-0.2, 0) is 20.9 Å². The number of halogens is 1. The molecule has 2 heterocycles. The molecule has 1 N–H and O–H groups in total. The fraction of sp³-hybridized carbons (Fsp3) is 0.471. The number of ether oxygens (including phenoxy) is 1. The van der Waals surface area contributed by atoms with Gasteiger partial charge in [0.05, 0.1) is 5.92 Å². The maximum Gasteiger partial charge on any atom is 0.260 e. The van der Waals surface area contributed by atoms with E-state index in [1.165, 1.54) is 0 Å². The van der Waals surface area contributed by atoms with Gasteiger partial charge in [0.25, 0.3) is 5.91 Å². The van der Waals surface area contributed by atoms with Crippen molar-refractivity contribution in [2.24, 2.45) is 5.92 Å². The third-order valence-corrected chi connectivity index (χ3v) is 4.72. The van der Waals surface area contributed by atoms with Crippen LogP contribution in [0.25, 0.3) is 0 Å². The molecule has 1 unspecified atom stereocenters. The molecule has 1 fully saturated rings. The molecule has 7 nitrogen and oxygen atoms in total. The first kappa shape index (κ1) is 17.5. The van der Waals surface area contributed by atoms with E-state index in [4.69, 9.17) is 16.3 Å². The average Bonchev–Trinajstić information content (AvgIpc) is 2.83. The lowest BCUT2D eigenvalue weighted by Gasteiger charge is -2.20. The minimum Gasteiger partial charge on any atom is -0.483 e. The van der Waals surface area contributed by atoms with Crippen LogP contribution in [0.15, 0.2) is 18.2 Å². The summed E-state index contributed by atoms with van der Waals surface area (Å²) < 4.78 is 5.50. The highest BCUT2D eigenvalue weighted by Gasteiger charge is 2.32. The zero-order valence-corrected chi connectivity index (χ0v) is 14.7. The van der Waals surface area contributed by atoms with Crippen molar-refractivity contribution in [2.75, 3.05) is 33.3 Å². The number of amides is 3. The summed E-state index contributed by atoms with van der Waals surface area (Å²) in [5.74, 6) is 0.0162. The van der Waals surface area contributed by atoms with E-state index in [2.05, 4.69) is 5.32 Å². The predicted octanol–water partition coefficient (Wildman–Crippen LogP) is 0.655. The number of nitrogens with zero attached hydrogens (tertiary/aromatic N) is 2. The summed E-state index contributed by atoms with van der Waals surface area (Å²) in [6.07, 6.45) is 0.241. The van der Waals surface area contributed by atoms with E-state index in [1.54, 1.807) is 35.0 Å². The Kier molecular flexibility index (Phi) is 5.13. The molecular weight excluding hydrogens is 346 g/mol. The first-order valence-electron chi connectivity index (χ1n) is 8.14. The van der Waals surface area contributed by atoms with Gasteiger partial charge in [-0.3, -0.25) is 14.4 Å². The largest absolute Gasteiger partial charge is 0.483 e. The van der Waals surface area contributed by atoms with Crippen LogP contribution < -0.4 is 10.1 Å². The number of rotatable bonds is 4. The molecule has 2 aliphatic rings. The zero-order chi connectivity index (χ0) is 18.0. The normalized spacial score (nSPS) is 20.2. The molecular formula is C17H20ClN3O4. The number of likely N-dealkylation sites (tertiary alicyclic amines) is 1. The lowest BCUT2D eigenvalue weighted by atomic mass is 10.1. The first-order valence-corrected chi connectivity index (χ1v) is 8.52. The Hall–Kier alpha value is -2.28. The van der Waals surface area contributed by atoms with Crippen LogP contribution in [0, 0.1) is 5.92 Å². The van der Waals surface area contributed by atoms with E-state index in [0.717, 1.165) is 5.56 Å². The molecule has 0 aromatic heterocycles. The number of hydrogen-bond donors (Lipinski definition) is 1. The molecule has 0 radical (unpaired) electrons. The predicted molar refractivity (Wildman–Crippen MR) is 91.1 cm³/mol. The molecule has 1 atom stereocenters. The van der Waals surface area contributed by atoms with Gasteiger partial charge in [-0.2, -0.15) is 0 Å². The Balaban J connectivity index is 1.54. The Morgan fingerprint density at radius 3 is 2.88 bits per heavy atom. The van der Waals surface area contributed by atoms with E-state index in [0.29, 0.717) is 37.0 Å². The van der Waals surface area contributed by atoms with Gasteiger partial charge in [-0.05, 0) is 18.2 Å². The SMILES string of the molecule is CN1CC(C(=O)NCCN2Cc3cc(Cl)ccc3OCC2=O)CC1=O. The van der Waals surface area contributed by atoms with Crippen LogP contribution in [0.1, 0.15) is 12.0 Å². The lowest BCUT2D eigenvalue weighted by molar-refractivity contribution is -0.133. The Morgan fingerprint density at radius 1 is 1.36 bits per heavy atom. The van der Waals surface area contributed by atoms with Gasteiger partial charge in [0, 0.05) is 50.2 Å². The summed E-state index contributed by atoms with van der Waals surface area (Å²) in [5, 5.41) is 3.39. The van der Waals surface area contributed by atoms with Gasteiger partial charge in [0.1, 0.15) is 5.75 Å². The van der Waals surface area contributed by atoms with Crippen molar-refractivity contribution in [3.8, 4) is 5.75 Å². The Bertz CT molecular complexity index is 709. The Labute approximate surface area is 150 Å². The number of fused-ring (bicyclic) bond motifs is 1. The second-order valence-electron chi connectivity index (χ2n) is 6.32. The van der Waals surface area contributed by atoms with Crippen LogP contribution in [0.3, 0.4) is 0 Å². The van der Waals surface area contributed by atoms with Crippen LogP contribution in [-0.4, -0.2) is 60.8 Å². The van der Waals surface area contributed by atoms with E-state index in [9.17, 15) is 14.4 Å². The molecule has 3 rings (SSSR count). The van der Waals surface area contributed by atoms with Gasteiger partial charge in [0.15, 0.2) is 6.61 Å². The molecule has 0 spiro atoms. The van der Waals surface area contributed by atoms with Crippen LogP contribution >= 0.6 is 11.6 Å². The number of carbonyl (C=O) groups excluding carboxylic acids is 3. The second kappa shape index (κ2) is 7.31. The van der Waals surface area contributed by atoms with Crippen LogP contribution in [0.2, 0.25) is 5.02 Å². The van der Waals surface area contributed by atoms with Gasteiger partial charge in [-0.1, -0.05) is 11.6 Å². The smallest absolute Gasteiger partial charge is 0.260 e. The summed E-state index contributed by atoms with van der Waals surface area (Å²) >= 11 is 6.01. The maximum absolute atomic E-state index is 12.2. The average molecular weight is 366 g/mol.